The topological polar surface area (TPSA) is 188 Å². The first-order valence-electron chi connectivity index (χ1n) is 13.0. The van der Waals surface area contributed by atoms with E-state index in [-0.39, 0.29) is 41.2 Å². The molecule has 44 heavy (non-hydrogen) atoms. The van der Waals surface area contributed by atoms with Gasteiger partial charge in [0.05, 0.1) is 16.6 Å². The van der Waals surface area contributed by atoms with Gasteiger partial charge in [0.2, 0.25) is 5.82 Å². The Bertz CT molecular complexity index is 1850. The molecule has 13 heteroatoms. The van der Waals surface area contributed by atoms with E-state index >= 15 is 0 Å². The summed E-state index contributed by atoms with van der Waals surface area (Å²) in [7, 11) is 0. The Morgan fingerprint density at radius 2 is 1.52 bits per heavy atom. The third-order valence-electron chi connectivity index (χ3n) is 5.83. The molecule has 13 nitrogen and oxygen atoms in total. The molecule has 4 aromatic carbocycles. The van der Waals surface area contributed by atoms with Gasteiger partial charge in [-0.15, -0.1) is 0 Å². The minimum atomic E-state index is -0.771. The summed E-state index contributed by atoms with van der Waals surface area (Å²) in [5.41, 5.74) is 6.00. The summed E-state index contributed by atoms with van der Waals surface area (Å²) in [6, 6.07) is 29.6. The number of carbonyl (C=O) groups is 1. The van der Waals surface area contributed by atoms with Crippen LogP contribution in [0.5, 0.6) is 34.9 Å². The highest BCUT2D eigenvalue weighted by Gasteiger charge is 2.28. The van der Waals surface area contributed by atoms with Crippen LogP contribution in [0, 0.1) is 21.4 Å². The van der Waals surface area contributed by atoms with Crippen molar-refractivity contribution in [2.75, 3.05) is 10.6 Å². The van der Waals surface area contributed by atoms with Crippen molar-refractivity contribution in [3.05, 3.63) is 124 Å². The summed E-state index contributed by atoms with van der Waals surface area (Å²) in [6.07, 6.45) is 0. The van der Waals surface area contributed by atoms with E-state index in [1.807, 2.05) is 42.5 Å². The Morgan fingerprint density at radius 3 is 2.20 bits per heavy atom. The molecular formula is C31H23N7O6. The Kier molecular flexibility index (Phi) is 8.73. The summed E-state index contributed by atoms with van der Waals surface area (Å²) in [6.45, 7) is 0.189. The maximum Gasteiger partial charge on any atom is 0.373 e. The molecule has 0 fully saturated rings. The molecular weight excluding hydrogens is 566 g/mol. The van der Waals surface area contributed by atoms with Gasteiger partial charge in [-0.05, 0) is 42.0 Å². The number of hydrogen-bond acceptors (Lipinski definition) is 10. The zero-order chi connectivity index (χ0) is 30.9. The molecule has 0 aliphatic carbocycles. The number of para-hydroxylation sites is 1. The summed E-state index contributed by atoms with van der Waals surface area (Å²) in [5.74, 6) is 0.391. The van der Waals surface area contributed by atoms with Gasteiger partial charge in [0.1, 0.15) is 23.0 Å². The van der Waals surface area contributed by atoms with Crippen LogP contribution in [0.15, 0.2) is 103 Å². The zero-order valence-corrected chi connectivity index (χ0v) is 22.8. The van der Waals surface area contributed by atoms with E-state index in [4.69, 9.17) is 19.9 Å². The van der Waals surface area contributed by atoms with E-state index < -0.39 is 22.5 Å². The molecule has 218 valence electrons. The lowest BCUT2D eigenvalue weighted by molar-refractivity contribution is -0.385. The Morgan fingerprint density at radius 1 is 0.841 bits per heavy atom. The molecule has 0 spiro atoms. The van der Waals surface area contributed by atoms with Crippen molar-refractivity contribution in [2.24, 2.45) is 5.73 Å². The molecule has 0 unspecified atom stereocenters. The maximum absolute atomic E-state index is 12.3. The first-order chi connectivity index (χ1) is 21.4. The van der Waals surface area contributed by atoms with Crippen LogP contribution in [-0.2, 0) is 6.54 Å². The van der Waals surface area contributed by atoms with Crippen LogP contribution in [-0.4, -0.2) is 20.9 Å². The molecule has 0 saturated heterocycles. The van der Waals surface area contributed by atoms with E-state index in [0.29, 0.717) is 11.4 Å². The second kappa shape index (κ2) is 13.3. The van der Waals surface area contributed by atoms with Gasteiger partial charge in [0.15, 0.2) is 0 Å². The molecule has 0 saturated carbocycles. The average molecular weight is 590 g/mol. The number of amides is 2. The van der Waals surface area contributed by atoms with Crippen molar-refractivity contribution >= 4 is 23.2 Å². The minimum Gasteiger partial charge on any atom is -0.457 e. The fourth-order valence-corrected chi connectivity index (χ4v) is 3.98. The van der Waals surface area contributed by atoms with Gasteiger partial charge in [0, 0.05) is 24.4 Å². The number of carbonyl (C=O) groups excluding carboxylic acids is 1. The van der Waals surface area contributed by atoms with Gasteiger partial charge in [0.25, 0.3) is 0 Å². The number of hydrogen-bond donors (Lipinski definition) is 3. The largest absolute Gasteiger partial charge is 0.457 e. The zero-order valence-electron chi connectivity index (χ0n) is 22.8. The van der Waals surface area contributed by atoms with Crippen molar-refractivity contribution < 1.29 is 23.9 Å². The number of nitro groups is 1. The van der Waals surface area contributed by atoms with Crippen molar-refractivity contribution in [3.63, 3.8) is 0 Å². The summed E-state index contributed by atoms with van der Waals surface area (Å²) in [5, 5.41) is 27.3. The van der Waals surface area contributed by atoms with E-state index in [1.54, 1.807) is 42.5 Å². The highest BCUT2D eigenvalue weighted by atomic mass is 16.6. The van der Waals surface area contributed by atoms with Crippen LogP contribution in [0.3, 0.4) is 0 Å². The minimum absolute atomic E-state index is 0.0457. The van der Waals surface area contributed by atoms with E-state index in [1.165, 1.54) is 24.3 Å². The lowest BCUT2D eigenvalue weighted by Gasteiger charge is -2.13. The predicted octanol–water partition coefficient (Wildman–Crippen LogP) is 6.74. The van der Waals surface area contributed by atoms with Crippen molar-refractivity contribution in [3.8, 4) is 41.0 Å². The molecule has 0 atom stereocenters. The average Bonchev–Trinajstić information content (AvgIpc) is 3.00. The molecule has 5 aromatic rings. The number of nitriles is 1. The number of aromatic nitrogens is 2. The smallest absolute Gasteiger partial charge is 0.373 e. The van der Waals surface area contributed by atoms with Crippen LogP contribution < -0.4 is 30.6 Å². The van der Waals surface area contributed by atoms with Gasteiger partial charge in [-0.1, -0.05) is 54.6 Å². The number of primary amides is 1. The number of benzene rings is 4. The number of urea groups is 1. The van der Waals surface area contributed by atoms with Gasteiger partial charge >= 0.3 is 23.6 Å². The highest BCUT2D eigenvalue weighted by molar-refractivity contribution is 5.88. The number of nitrogens with one attached hydrogen (secondary N) is 2. The second-order valence-electron chi connectivity index (χ2n) is 9.05. The first-order valence-corrected chi connectivity index (χ1v) is 13.0. The van der Waals surface area contributed by atoms with E-state index in [9.17, 15) is 20.2 Å². The molecule has 0 radical (unpaired) electrons. The van der Waals surface area contributed by atoms with Crippen LogP contribution in [0.25, 0.3) is 0 Å². The number of rotatable bonds is 11. The lowest BCUT2D eigenvalue weighted by Crippen LogP contribution is -2.19. The lowest BCUT2D eigenvalue weighted by atomic mass is 10.2. The van der Waals surface area contributed by atoms with Gasteiger partial charge in [-0.2, -0.15) is 15.2 Å². The number of nitrogens with two attached hydrogens (primary N) is 1. The summed E-state index contributed by atoms with van der Waals surface area (Å²) in [4.78, 5) is 31.4. The normalized spacial score (nSPS) is 10.2. The predicted molar refractivity (Wildman–Crippen MR) is 160 cm³/mol. The number of anilines is 2. The van der Waals surface area contributed by atoms with Crippen LogP contribution in [0.4, 0.5) is 22.0 Å². The van der Waals surface area contributed by atoms with Crippen LogP contribution in [0.2, 0.25) is 0 Å². The molecule has 2 amide bonds. The fraction of sp³-hybridized carbons (Fsp3) is 0.0323. The fourth-order valence-electron chi connectivity index (χ4n) is 3.98. The quantitative estimate of drug-likeness (QED) is 0.110. The van der Waals surface area contributed by atoms with E-state index in [0.717, 1.165) is 5.56 Å². The molecule has 0 aliphatic rings. The molecule has 4 N–H and O–H groups in total. The monoisotopic (exact) mass is 589 g/mol. The van der Waals surface area contributed by atoms with E-state index in [2.05, 4.69) is 20.6 Å². The Hall–Kier alpha value is -6.68. The van der Waals surface area contributed by atoms with Crippen molar-refractivity contribution in [2.45, 2.75) is 6.54 Å². The molecule has 5 rings (SSSR count). The molecule has 0 bridgehead atoms. The molecule has 1 heterocycles. The standard InChI is InChI=1S/C31H23N7O6/c32-18-21-14-25(42-23-11-5-2-6-12-23)17-26(15-21)43-29-27(38(40)41)28(34-19-20-8-3-1-4-9-20)36-31(37-29)44-24-13-7-10-22(16-24)35-30(33)39/h1-17H,19H2,(H3,33,35,39)(H,34,36,37). The SMILES string of the molecule is N#Cc1cc(Oc2ccccc2)cc(Oc2nc(Oc3cccc(NC(N)=O)c3)nc(NCc3ccccc3)c2[N+](=O)[O-])c1. The molecule has 1 aromatic heterocycles. The summed E-state index contributed by atoms with van der Waals surface area (Å²) >= 11 is 0. The molecule has 0 aliphatic heterocycles. The summed E-state index contributed by atoms with van der Waals surface area (Å²) < 4.78 is 17.6. The Labute approximate surface area is 250 Å². The number of ether oxygens (including phenoxy) is 3. The Balaban J connectivity index is 1.54. The third-order valence-corrected chi connectivity index (χ3v) is 5.83. The maximum atomic E-state index is 12.3. The van der Waals surface area contributed by atoms with Crippen LogP contribution in [0.1, 0.15) is 11.1 Å². The third kappa shape index (κ3) is 7.53. The second-order valence-corrected chi connectivity index (χ2v) is 9.05. The van der Waals surface area contributed by atoms with Gasteiger partial charge < -0.3 is 30.6 Å². The van der Waals surface area contributed by atoms with Crippen LogP contribution >= 0.6 is 0 Å². The van der Waals surface area contributed by atoms with Gasteiger partial charge in [-0.25, -0.2) is 4.79 Å². The van der Waals surface area contributed by atoms with Gasteiger partial charge in [-0.3, -0.25) is 10.1 Å². The van der Waals surface area contributed by atoms with Crippen molar-refractivity contribution in [1.82, 2.24) is 9.97 Å². The van der Waals surface area contributed by atoms with Crippen molar-refractivity contribution in [1.29, 1.82) is 5.26 Å². The number of nitrogens with zero attached hydrogens (tertiary/aromatic N) is 4. The highest BCUT2D eigenvalue weighted by Crippen LogP contribution is 2.39. The first kappa shape index (κ1) is 28.8.